The summed E-state index contributed by atoms with van der Waals surface area (Å²) in [5.41, 5.74) is 2.35. The van der Waals surface area contributed by atoms with Crippen molar-refractivity contribution in [2.24, 2.45) is 0 Å². The average molecular weight is 269 g/mol. The number of ether oxygens (including phenoxy) is 1. The van der Waals surface area contributed by atoms with Crippen molar-refractivity contribution >= 4 is 11.6 Å². The van der Waals surface area contributed by atoms with Gasteiger partial charge in [0.05, 0.1) is 6.10 Å². The molecule has 104 valence electrons. The van der Waals surface area contributed by atoms with Crippen LogP contribution in [-0.2, 0) is 0 Å². The Morgan fingerprint density at radius 2 is 1.80 bits per heavy atom. The van der Waals surface area contributed by atoms with Crippen LogP contribution in [0.25, 0.3) is 0 Å². The molecule has 1 N–H and O–H groups in total. The van der Waals surface area contributed by atoms with Crippen LogP contribution in [0, 0.1) is 6.92 Å². The summed E-state index contributed by atoms with van der Waals surface area (Å²) in [6.07, 6.45) is 0.124. The smallest absolute Gasteiger partial charge is 0.255 e. The van der Waals surface area contributed by atoms with Crippen LogP contribution in [0.4, 0.5) is 5.69 Å². The minimum absolute atomic E-state index is 0.107. The van der Waals surface area contributed by atoms with Crippen LogP contribution in [0.5, 0.6) is 5.75 Å². The molecule has 0 saturated heterocycles. The molecule has 0 unspecified atom stereocenters. The maximum Gasteiger partial charge on any atom is 0.255 e. The van der Waals surface area contributed by atoms with E-state index in [0.717, 1.165) is 17.0 Å². The zero-order chi connectivity index (χ0) is 14.5. The van der Waals surface area contributed by atoms with Crippen LogP contribution in [0.2, 0.25) is 0 Å². The van der Waals surface area contributed by atoms with Gasteiger partial charge in [0, 0.05) is 11.3 Å². The number of anilines is 1. The Balaban J connectivity index is 2.14. The standard InChI is InChI=1S/C17H19NO2/c1-12(2)20-15-9-10-16(13(3)11-15)17(19)18-14-7-5-4-6-8-14/h4-12H,1-3H3,(H,18,19). The summed E-state index contributed by atoms with van der Waals surface area (Å²) in [7, 11) is 0. The Bertz CT molecular complexity index is 591. The molecule has 2 aromatic carbocycles. The Labute approximate surface area is 119 Å². The molecule has 3 nitrogen and oxygen atoms in total. The highest BCUT2D eigenvalue weighted by molar-refractivity contribution is 6.05. The summed E-state index contributed by atoms with van der Waals surface area (Å²) in [6, 6.07) is 14.9. The molecule has 20 heavy (non-hydrogen) atoms. The molecule has 2 rings (SSSR count). The lowest BCUT2D eigenvalue weighted by Crippen LogP contribution is -2.13. The first-order chi connectivity index (χ1) is 9.56. The molecule has 0 radical (unpaired) electrons. The van der Waals surface area contributed by atoms with E-state index in [9.17, 15) is 4.79 Å². The summed E-state index contributed by atoms with van der Waals surface area (Å²) in [4.78, 5) is 12.2. The van der Waals surface area contributed by atoms with Crippen molar-refractivity contribution < 1.29 is 9.53 Å². The molecule has 0 aromatic heterocycles. The first-order valence-corrected chi connectivity index (χ1v) is 6.70. The van der Waals surface area contributed by atoms with Gasteiger partial charge in [-0.15, -0.1) is 0 Å². The third-order valence-corrected chi connectivity index (χ3v) is 2.85. The number of aryl methyl sites for hydroxylation is 1. The fourth-order valence-corrected chi connectivity index (χ4v) is 1.96. The SMILES string of the molecule is Cc1cc(OC(C)C)ccc1C(=O)Nc1ccccc1. The minimum Gasteiger partial charge on any atom is -0.491 e. The van der Waals surface area contributed by atoms with Crippen molar-refractivity contribution in [3.63, 3.8) is 0 Å². The molecule has 0 bridgehead atoms. The number of carbonyl (C=O) groups excluding carboxylic acids is 1. The van der Waals surface area contributed by atoms with Crippen molar-refractivity contribution in [2.75, 3.05) is 5.32 Å². The van der Waals surface area contributed by atoms with E-state index in [1.165, 1.54) is 0 Å². The first-order valence-electron chi connectivity index (χ1n) is 6.70. The van der Waals surface area contributed by atoms with Crippen molar-refractivity contribution in [1.82, 2.24) is 0 Å². The monoisotopic (exact) mass is 269 g/mol. The second-order valence-electron chi connectivity index (χ2n) is 4.96. The van der Waals surface area contributed by atoms with Gasteiger partial charge in [0.25, 0.3) is 5.91 Å². The average Bonchev–Trinajstić information content (AvgIpc) is 2.39. The van der Waals surface area contributed by atoms with Gasteiger partial charge >= 0.3 is 0 Å². The quantitative estimate of drug-likeness (QED) is 0.909. The summed E-state index contributed by atoms with van der Waals surface area (Å²) in [6.45, 7) is 5.86. The lowest BCUT2D eigenvalue weighted by Gasteiger charge is -2.12. The molecule has 0 aliphatic rings. The fourth-order valence-electron chi connectivity index (χ4n) is 1.96. The van der Waals surface area contributed by atoms with Crippen LogP contribution in [0.15, 0.2) is 48.5 Å². The van der Waals surface area contributed by atoms with Crippen molar-refractivity contribution in [1.29, 1.82) is 0 Å². The van der Waals surface area contributed by atoms with E-state index in [-0.39, 0.29) is 12.0 Å². The molecule has 3 heteroatoms. The van der Waals surface area contributed by atoms with Gasteiger partial charge in [-0.3, -0.25) is 4.79 Å². The number of hydrogen-bond acceptors (Lipinski definition) is 2. The van der Waals surface area contributed by atoms with Gasteiger partial charge in [-0.2, -0.15) is 0 Å². The zero-order valence-electron chi connectivity index (χ0n) is 12.0. The fraction of sp³-hybridized carbons (Fsp3) is 0.235. The van der Waals surface area contributed by atoms with Crippen molar-refractivity contribution in [3.05, 3.63) is 59.7 Å². The molecular weight excluding hydrogens is 250 g/mol. The van der Waals surface area contributed by atoms with Gasteiger partial charge in [0.15, 0.2) is 0 Å². The number of hydrogen-bond donors (Lipinski definition) is 1. The van der Waals surface area contributed by atoms with E-state index in [0.29, 0.717) is 5.56 Å². The summed E-state index contributed by atoms with van der Waals surface area (Å²) >= 11 is 0. The van der Waals surface area contributed by atoms with Gasteiger partial charge in [-0.05, 0) is 56.7 Å². The molecule has 0 aliphatic carbocycles. The first kappa shape index (κ1) is 14.1. The maximum atomic E-state index is 12.2. The van der Waals surface area contributed by atoms with Gasteiger partial charge in [0.1, 0.15) is 5.75 Å². The van der Waals surface area contributed by atoms with Crippen molar-refractivity contribution in [2.45, 2.75) is 26.9 Å². The number of nitrogens with one attached hydrogen (secondary N) is 1. The summed E-state index contributed by atoms with van der Waals surface area (Å²) in [5.74, 6) is 0.679. The molecule has 1 amide bonds. The van der Waals surface area contributed by atoms with Crippen molar-refractivity contribution in [3.8, 4) is 5.75 Å². The zero-order valence-corrected chi connectivity index (χ0v) is 12.0. The molecule has 0 atom stereocenters. The van der Waals surface area contributed by atoms with E-state index < -0.39 is 0 Å². The largest absolute Gasteiger partial charge is 0.491 e. The molecule has 0 aliphatic heterocycles. The highest BCUT2D eigenvalue weighted by atomic mass is 16.5. The number of amides is 1. The molecule has 0 heterocycles. The van der Waals surface area contributed by atoms with Crippen LogP contribution >= 0.6 is 0 Å². The lowest BCUT2D eigenvalue weighted by atomic mass is 10.1. The van der Waals surface area contributed by atoms with Gasteiger partial charge in [0.2, 0.25) is 0 Å². The lowest BCUT2D eigenvalue weighted by molar-refractivity contribution is 0.102. The van der Waals surface area contributed by atoms with E-state index in [1.807, 2.05) is 63.2 Å². The normalized spacial score (nSPS) is 10.4. The number of benzene rings is 2. The van der Waals surface area contributed by atoms with E-state index in [4.69, 9.17) is 4.74 Å². The second-order valence-corrected chi connectivity index (χ2v) is 4.96. The van der Waals surface area contributed by atoms with Gasteiger partial charge in [-0.25, -0.2) is 0 Å². The number of carbonyl (C=O) groups is 1. The predicted octanol–water partition coefficient (Wildman–Crippen LogP) is 4.03. The molecule has 0 saturated carbocycles. The van der Waals surface area contributed by atoms with Crippen LogP contribution in [0.1, 0.15) is 29.8 Å². The second kappa shape index (κ2) is 6.24. The van der Waals surface area contributed by atoms with Crippen LogP contribution in [-0.4, -0.2) is 12.0 Å². The third kappa shape index (κ3) is 3.60. The Kier molecular flexibility index (Phi) is 4.41. The minimum atomic E-state index is -0.107. The summed E-state index contributed by atoms with van der Waals surface area (Å²) < 4.78 is 5.62. The summed E-state index contributed by atoms with van der Waals surface area (Å²) in [5, 5.41) is 2.88. The maximum absolute atomic E-state index is 12.2. The Hall–Kier alpha value is -2.29. The number of para-hydroxylation sites is 1. The van der Waals surface area contributed by atoms with E-state index in [1.54, 1.807) is 6.07 Å². The van der Waals surface area contributed by atoms with Crippen LogP contribution < -0.4 is 10.1 Å². The van der Waals surface area contributed by atoms with E-state index in [2.05, 4.69) is 5.32 Å². The predicted molar refractivity (Wildman–Crippen MR) is 81.3 cm³/mol. The molecule has 2 aromatic rings. The number of rotatable bonds is 4. The highest BCUT2D eigenvalue weighted by Crippen LogP contribution is 2.19. The Morgan fingerprint density at radius 3 is 2.40 bits per heavy atom. The Morgan fingerprint density at radius 1 is 1.10 bits per heavy atom. The third-order valence-electron chi connectivity index (χ3n) is 2.85. The van der Waals surface area contributed by atoms with Crippen LogP contribution in [0.3, 0.4) is 0 Å². The molecular formula is C17H19NO2. The molecule has 0 fully saturated rings. The van der Waals surface area contributed by atoms with Gasteiger partial charge in [-0.1, -0.05) is 18.2 Å². The topological polar surface area (TPSA) is 38.3 Å². The van der Waals surface area contributed by atoms with Gasteiger partial charge < -0.3 is 10.1 Å². The van der Waals surface area contributed by atoms with E-state index >= 15 is 0 Å². The molecule has 0 spiro atoms. The highest BCUT2D eigenvalue weighted by Gasteiger charge is 2.10.